The first-order chi connectivity index (χ1) is 29.1. The zero-order valence-electron chi connectivity index (χ0n) is 33.8. The molecule has 2 aliphatic rings. The van der Waals surface area contributed by atoms with Crippen molar-refractivity contribution in [3.05, 3.63) is 197 Å². The topological polar surface area (TPSA) is 66.7 Å². The molecular formula is C54H42BBrO4. The van der Waals surface area contributed by atoms with Crippen LogP contribution in [0.3, 0.4) is 0 Å². The molecule has 0 radical (unpaired) electrons. The Hall–Kier alpha value is -6.18. The largest absolute Gasteiger partial charge is 0.488 e. The van der Waals surface area contributed by atoms with E-state index in [1.165, 1.54) is 77.2 Å². The highest BCUT2D eigenvalue weighted by Crippen LogP contribution is 2.56. The van der Waals surface area contributed by atoms with E-state index in [4.69, 9.17) is 18.9 Å². The summed E-state index contributed by atoms with van der Waals surface area (Å²) in [6, 6.07) is 58.1. The molecule has 0 saturated carbocycles. The van der Waals surface area contributed by atoms with Crippen molar-refractivity contribution in [1.82, 2.24) is 0 Å². The molecule has 60 heavy (non-hydrogen) atoms. The van der Waals surface area contributed by atoms with Crippen LogP contribution in [0.2, 0.25) is 0 Å². The molecule has 6 heteroatoms. The van der Waals surface area contributed by atoms with Crippen LogP contribution in [0.4, 0.5) is 0 Å². The molecule has 8 aromatic carbocycles. The monoisotopic (exact) mass is 844 g/mol. The fourth-order valence-corrected chi connectivity index (χ4v) is 10.1. The predicted octanol–water partition coefficient (Wildman–Crippen LogP) is 13.6. The molecule has 0 aliphatic heterocycles. The molecule has 0 saturated heterocycles. The number of hydrogen-bond donors (Lipinski definition) is 2. The van der Waals surface area contributed by atoms with Crippen molar-refractivity contribution in [3.63, 3.8) is 0 Å². The molecule has 292 valence electrons. The van der Waals surface area contributed by atoms with E-state index in [2.05, 4.69) is 165 Å². The zero-order chi connectivity index (χ0) is 41.3. The smallest absolute Gasteiger partial charge is 0.455 e. The Morgan fingerprint density at radius 3 is 1.42 bits per heavy atom. The van der Waals surface area contributed by atoms with Crippen molar-refractivity contribution in [2.24, 2.45) is 0 Å². The average Bonchev–Trinajstić information content (AvgIpc) is 3.98. The van der Waals surface area contributed by atoms with E-state index in [1.807, 2.05) is 24.3 Å². The third kappa shape index (κ3) is 5.96. The Balaban J connectivity index is 0.000000122. The molecule has 12 rings (SSSR count). The Morgan fingerprint density at radius 2 is 0.883 bits per heavy atom. The molecule has 2 heterocycles. The van der Waals surface area contributed by atoms with Gasteiger partial charge in [-0.15, -0.1) is 0 Å². The molecule has 0 unspecified atom stereocenters. The Morgan fingerprint density at radius 1 is 0.450 bits per heavy atom. The molecule has 2 aromatic heterocycles. The number of fused-ring (bicyclic) bond motifs is 14. The van der Waals surface area contributed by atoms with Crippen LogP contribution >= 0.6 is 15.9 Å². The first-order valence-electron chi connectivity index (χ1n) is 20.3. The van der Waals surface area contributed by atoms with Gasteiger partial charge in [0.15, 0.2) is 0 Å². The van der Waals surface area contributed by atoms with Crippen LogP contribution in [-0.2, 0) is 10.8 Å². The predicted molar refractivity (Wildman–Crippen MR) is 252 cm³/mol. The second-order valence-corrected chi connectivity index (χ2v) is 17.6. The van der Waals surface area contributed by atoms with Crippen molar-refractivity contribution in [2.75, 3.05) is 0 Å². The Kier molecular flexibility index (Phi) is 9.21. The van der Waals surface area contributed by atoms with Gasteiger partial charge in [0.2, 0.25) is 0 Å². The molecule has 2 N–H and O–H groups in total. The van der Waals surface area contributed by atoms with Crippen molar-refractivity contribution in [1.29, 1.82) is 0 Å². The van der Waals surface area contributed by atoms with E-state index < -0.39 is 7.12 Å². The van der Waals surface area contributed by atoms with Crippen LogP contribution in [-0.4, -0.2) is 17.2 Å². The van der Waals surface area contributed by atoms with Crippen molar-refractivity contribution in [2.45, 2.75) is 38.5 Å². The van der Waals surface area contributed by atoms with Crippen molar-refractivity contribution in [3.8, 4) is 33.4 Å². The van der Waals surface area contributed by atoms with Crippen LogP contribution in [0.25, 0.3) is 77.3 Å². The van der Waals surface area contributed by atoms with Gasteiger partial charge in [-0.1, -0.05) is 189 Å². The molecular weight excluding hydrogens is 803 g/mol. The molecule has 0 amide bonds. The Bertz CT molecular complexity index is 3250. The van der Waals surface area contributed by atoms with Crippen LogP contribution in [0.1, 0.15) is 49.9 Å². The van der Waals surface area contributed by atoms with Gasteiger partial charge in [-0.2, -0.15) is 0 Å². The summed E-state index contributed by atoms with van der Waals surface area (Å²) in [5.74, 6) is 0. The van der Waals surface area contributed by atoms with Gasteiger partial charge in [0.1, 0.15) is 22.3 Å². The number of hydrogen-bond acceptors (Lipinski definition) is 4. The van der Waals surface area contributed by atoms with E-state index in [1.54, 1.807) is 24.3 Å². The lowest BCUT2D eigenvalue weighted by molar-refractivity contribution is 0.426. The molecule has 0 atom stereocenters. The molecule has 0 bridgehead atoms. The van der Waals surface area contributed by atoms with Crippen LogP contribution in [0.5, 0.6) is 0 Å². The second kappa shape index (κ2) is 14.5. The number of para-hydroxylation sites is 2. The van der Waals surface area contributed by atoms with Crippen LogP contribution < -0.4 is 5.46 Å². The zero-order valence-corrected chi connectivity index (χ0v) is 35.4. The first-order valence-corrected chi connectivity index (χ1v) is 21.1. The van der Waals surface area contributed by atoms with Crippen molar-refractivity contribution >= 4 is 72.4 Å². The summed E-state index contributed by atoms with van der Waals surface area (Å²) in [7, 11) is -1.34. The lowest BCUT2D eigenvalue weighted by Gasteiger charge is -2.22. The lowest BCUT2D eigenvalue weighted by atomic mass is 9.81. The third-order valence-electron chi connectivity index (χ3n) is 12.5. The quantitative estimate of drug-likeness (QED) is 0.170. The standard InChI is InChI=1S/C27H20O.C21H15BrO.C6H7BO2/c1-27(2)21-14-8-6-12-18(21)25-22(27)16-20(17-10-4-3-5-11-17)24-19-13-7-9-15-23(19)28-26(24)25;1-21(2)14-9-5-3-7-12(14)18-15(21)11-16(22)19-13-8-4-6-10-17(13)23-20(18)19;8-7(9)6-4-2-1-3-5-6/h3-16H,1-2H3;3-11H,1-2H3;1-5,8-9H. The van der Waals surface area contributed by atoms with E-state index >= 15 is 0 Å². The maximum Gasteiger partial charge on any atom is 0.488 e. The molecule has 0 fully saturated rings. The van der Waals surface area contributed by atoms with Gasteiger partial charge in [0.25, 0.3) is 0 Å². The van der Waals surface area contributed by atoms with E-state index in [0.29, 0.717) is 5.46 Å². The Labute approximate surface area is 358 Å². The maximum atomic E-state index is 8.58. The van der Waals surface area contributed by atoms with Gasteiger partial charge in [0.05, 0.1) is 0 Å². The molecule has 2 aliphatic carbocycles. The summed E-state index contributed by atoms with van der Waals surface area (Å²) < 4.78 is 13.9. The van der Waals surface area contributed by atoms with E-state index in [0.717, 1.165) is 26.8 Å². The number of rotatable bonds is 2. The normalized spacial score (nSPS) is 13.8. The lowest BCUT2D eigenvalue weighted by Crippen LogP contribution is -2.29. The number of halogens is 1. The van der Waals surface area contributed by atoms with Gasteiger partial charge in [-0.05, 0) is 74.2 Å². The van der Waals surface area contributed by atoms with Gasteiger partial charge >= 0.3 is 7.12 Å². The van der Waals surface area contributed by atoms with E-state index in [9.17, 15) is 0 Å². The van der Waals surface area contributed by atoms with Crippen LogP contribution in [0.15, 0.2) is 183 Å². The number of furan rings is 2. The highest BCUT2D eigenvalue weighted by atomic mass is 79.9. The van der Waals surface area contributed by atoms with Gasteiger partial charge in [-0.25, -0.2) is 0 Å². The summed E-state index contributed by atoms with van der Waals surface area (Å²) in [4.78, 5) is 0. The SMILES string of the molecule is CC1(C)c2ccccc2-c2c1cc(-c1ccccc1)c1c2oc2ccccc21.CC1(C)c2ccccc2-c2c1cc(Br)c1c2oc2ccccc21.OB(O)c1ccccc1. The minimum atomic E-state index is -1.34. The maximum absolute atomic E-state index is 8.58. The summed E-state index contributed by atoms with van der Waals surface area (Å²) in [6.07, 6.45) is 0. The average molecular weight is 846 g/mol. The fourth-order valence-electron chi connectivity index (χ4n) is 9.53. The van der Waals surface area contributed by atoms with Gasteiger partial charge in [-0.3, -0.25) is 0 Å². The first kappa shape index (κ1) is 38.1. The summed E-state index contributed by atoms with van der Waals surface area (Å²) in [6.45, 7) is 9.22. The number of benzene rings is 8. The van der Waals surface area contributed by atoms with Crippen LogP contribution in [0, 0.1) is 0 Å². The molecule has 10 aromatic rings. The third-order valence-corrected chi connectivity index (χ3v) is 13.1. The minimum Gasteiger partial charge on any atom is -0.455 e. The minimum absolute atomic E-state index is 0.0123. The highest BCUT2D eigenvalue weighted by molar-refractivity contribution is 9.10. The highest BCUT2D eigenvalue weighted by Gasteiger charge is 2.39. The molecule has 4 nitrogen and oxygen atoms in total. The summed E-state index contributed by atoms with van der Waals surface area (Å²) in [5.41, 5.74) is 17.4. The fraction of sp³-hybridized carbons (Fsp3) is 0.111. The van der Waals surface area contributed by atoms with Crippen molar-refractivity contribution < 1.29 is 18.9 Å². The van der Waals surface area contributed by atoms with E-state index in [-0.39, 0.29) is 10.8 Å². The summed E-state index contributed by atoms with van der Waals surface area (Å²) in [5, 5.41) is 21.9. The molecule has 0 spiro atoms. The van der Waals surface area contributed by atoms with Gasteiger partial charge < -0.3 is 18.9 Å². The van der Waals surface area contributed by atoms with Gasteiger partial charge in [0, 0.05) is 48.0 Å². The second-order valence-electron chi connectivity index (χ2n) is 16.7. The summed E-state index contributed by atoms with van der Waals surface area (Å²) >= 11 is 3.79.